The number of fused-ring (bicyclic) bond motifs is 2. The standard InChI is InChI=1S/2C10H9.C3H6.2ClH.Ti/c2*1-8-6-9-4-2-3-5-10(9)7-8;1-3-2;;;/h2*2-7H,1H3;1-3H2;2*1H;/q;;;;;+2/p-2. The van der Waals surface area contributed by atoms with E-state index in [1.807, 2.05) is 0 Å². The maximum Gasteiger partial charge on any atom is -1.00 e. The predicted molar refractivity (Wildman–Crippen MR) is 99.9 cm³/mol. The van der Waals surface area contributed by atoms with Gasteiger partial charge in [0.25, 0.3) is 0 Å². The molecule has 0 radical (unpaired) electrons. The fourth-order valence-electron chi connectivity index (χ4n) is 5.81. The van der Waals surface area contributed by atoms with Gasteiger partial charge in [-0.2, -0.15) is 0 Å². The first-order valence-electron chi connectivity index (χ1n) is 9.25. The van der Waals surface area contributed by atoms with Gasteiger partial charge in [-0.1, -0.05) is 0 Å². The number of hydrogen-bond acceptors (Lipinski definition) is 0. The van der Waals surface area contributed by atoms with Crippen LogP contribution >= 0.6 is 0 Å². The summed E-state index contributed by atoms with van der Waals surface area (Å²) < 4.78 is 4.62. The van der Waals surface area contributed by atoms with Crippen molar-refractivity contribution in [3.63, 3.8) is 0 Å². The van der Waals surface area contributed by atoms with Crippen LogP contribution in [0.4, 0.5) is 0 Å². The SMILES string of the molecule is CC1=Cc2ccccc2[CH]1[Ti+2]1([CH]2C(C)=Cc3ccccc32)[CH2]C[CH2]1.[Cl-].[Cl-]. The smallest absolute Gasteiger partial charge is 1.00 e. The van der Waals surface area contributed by atoms with Gasteiger partial charge in [-0.25, -0.2) is 0 Å². The molecule has 3 aliphatic rings. The van der Waals surface area contributed by atoms with Gasteiger partial charge in [0.2, 0.25) is 0 Å². The number of benzene rings is 2. The average Bonchev–Trinajstić information content (AvgIpc) is 3.05. The second-order valence-electron chi connectivity index (χ2n) is 7.99. The summed E-state index contributed by atoms with van der Waals surface area (Å²) in [6.07, 6.45) is 6.41. The molecule has 2 atom stereocenters. The van der Waals surface area contributed by atoms with Crippen LogP contribution in [0.3, 0.4) is 0 Å². The molecule has 1 heterocycles. The molecular weight excluding hydrogens is 395 g/mol. The first-order chi connectivity index (χ1) is 11.7. The van der Waals surface area contributed by atoms with Crippen LogP contribution in [0.1, 0.15) is 51.0 Å². The van der Waals surface area contributed by atoms with Crippen molar-refractivity contribution in [3.05, 3.63) is 81.9 Å². The van der Waals surface area contributed by atoms with E-state index in [1.165, 1.54) is 27.0 Å². The molecule has 0 N–H and O–H groups in total. The maximum absolute atomic E-state index is 2.48. The summed E-state index contributed by atoms with van der Waals surface area (Å²) >= 11 is -2.08. The third-order valence-corrected chi connectivity index (χ3v) is 16.7. The van der Waals surface area contributed by atoms with Gasteiger partial charge in [0, 0.05) is 0 Å². The fourth-order valence-corrected chi connectivity index (χ4v) is 15.8. The van der Waals surface area contributed by atoms with Crippen LogP contribution in [0.5, 0.6) is 0 Å². The molecule has 0 saturated carbocycles. The largest absolute Gasteiger partial charge is 1.00 e. The molecule has 3 heteroatoms. The third-order valence-electron chi connectivity index (χ3n) is 6.73. The molecule has 2 unspecified atom stereocenters. The summed E-state index contributed by atoms with van der Waals surface area (Å²) in [5.74, 6) is 0. The molecule has 2 aromatic carbocycles. The molecule has 1 saturated heterocycles. The van der Waals surface area contributed by atoms with E-state index in [0.29, 0.717) is 0 Å². The van der Waals surface area contributed by atoms with Gasteiger partial charge in [0.05, 0.1) is 0 Å². The van der Waals surface area contributed by atoms with Gasteiger partial charge in [0.1, 0.15) is 0 Å². The van der Waals surface area contributed by atoms with Crippen LogP contribution < -0.4 is 24.8 Å². The van der Waals surface area contributed by atoms with Gasteiger partial charge < -0.3 is 24.8 Å². The van der Waals surface area contributed by atoms with Crippen LogP contribution in [-0.4, -0.2) is 0 Å². The van der Waals surface area contributed by atoms with Crippen molar-refractivity contribution in [3.8, 4) is 0 Å². The van der Waals surface area contributed by atoms with Crippen molar-refractivity contribution < 1.29 is 41.4 Å². The Hall–Kier alpha value is -0.786. The van der Waals surface area contributed by atoms with Gasteiger partial charge in [-0.15, -0.1) is 0 Å². The minimum Gasteiger partial charge on any atom is -1.00 e. The van der Waals surface area contributed by atoms with Crippen LogP contribution in [0.15, 0.2) is 59.7 Å². The fraction of sp³-hybridized carbons (Fsp3) is 0.304. The molecule has 1 aliphatic heterocycles. The van der Waals surface area contributed by atoms with Gasteiger partial charge in [-0.05, 0) is 0 Å². The summed E-state index contributed by atoms with van der Waals surface area (Å²) in [4.78, 5) is 0. The van der Waals surface area contributed by atoms with Crippen molar-refractivity contribution in [2.75, 3.05) is 0 Å². The summed E-state index contributed by atoms with van der Waals surface area (Å²) in [5, 5.41) is 0. The quantitative estimate of drug-likeness (QED) is 0.630. The van der Waals surface area contributed by atoms with Gasteiger partial charge >= 0.3 is 149 Å². The zero-order valence-electron chi connectivity index (χ0n) is 15.3. The number of rotatable bonds is 2. The van der Waals surface area contributed by atoms with Gasteiger partial charge in [0.15, 0.2) is 0 Å². The molecule has 0 bridgehead atoms. The Morgan fingerprint density at radius 2 is 1.12 bits per heavy atom. The minimum absolute atomic E-state index is 0. The molecule has 5 rings (SSSR count). The summed E-state index contributed by atoms with van der Waals surface area (Å²) in [5.41, 5.74) is 9.56. The Morgan fingerprint density at radius 1 is 0.692 bits per heavy atom. The van der Waals surface area contributed by atoms with Crippen LogP contribution in [0.2, 0.25) is 9.45 Å². The van der Waals surface area contributed by atoms with Crippen molar-refractivity contribution in [2.24, 2.45) is 0 Å². The van der Waals surface area contributed by atoms with Crippen molar-refractivity contribution in [1.82, 2.24) is 0 Å². The van der Waals surface area contributed by atoms with Crippen molar-refractivity contribution >= 4 is 12.2 Å². The van der Waals surface area contributed by atoms with E-state index in [2.05, 4.69) is 74.5 Å². The Morgan fingerprint density at radius 3 is 1.50 bits per heavy atom. The first kappa shape index (κ1) is 20.0. The molecule has 2 aromatic rings. The monoisotopic (exact) mass is 418 g/mol. The van der Waals surface area contributed by atoms with E-state index in [4.69, 9.17) is 0 Å². The Kier molecular flexibility index (Phi) is 5.62. The molecule has 0 spiro atoms. The van der Waals surface area contributed by atoms with E-state index in [1.54, 1.807) is 22.3 Å². The second-order valence-corrected chi connectivity index (χ2v) is 15.2. The average molecular weight is 419 g/mol. The molecule has 134 valence electrons. The molecule has 26 heavy (non-hydrogen) atoms. The first-order valence-corrected chi connectivity index (χ1v) is 13.3. The Labute approximate surface area is 173 Å². The molecule has 0 amide bonds. The summed E-state index contributed by atoms with van der Waals surface area (Å²) in [6, 6.07) is 18.4. The van der Waals surface area contributed by atoms with E-state index < -0.39 is 16.6 Å². The Bertz CT molecular complexity index is 823. The molecular formula is C23H24Cl2Ti. The topological polar surface area (TPSA) is 0 Å². The summed E-state index contributed by atoms with van der Waals surface area (Å²) in [6.45, 7) is 4.80. The zero-order chi connectivity index (χ0) is 16.3. The minimum atomic E-state index is -2.08. The zero-order valence-corrected chi connectivity index (χ0v) is 18.4. The third kappa shape index (κ3) is 2.69. The molecule has 1 fully saturated rings. The van der Waals surface area contributed by atoms with Crippen LogP contribution in [-0.2, 0) is 16.6 Å². The van der Waals surface area contributed by atoms with Crippen molar-refractivity contribution in [2.45, 2.75) is 38.2 Å². The molecule has 2 aliphatic carbocycles. The number of hydrogen-bond donors (Lipinski definition) is 0. The Balaban J connectivity index is 0.000000980. The van der Waals surface area contributed by atoms with Crippen LogP contribution in [0, 0.1) is 0 Å². The normalized spacial score (nSPS) is 23.0. The molecule has 0 nitrogen and oxygen atoms in total. The maximum atomic E-state index is 2.48. The van der Waals surface area contributed by atoms with Crippen molar-refractivity contribution in [1.29, 1.82) is 0 Å². The molecule has 0 aromatic heterocycles. The van der Waals surface area contributed by atoms with E-state index in [-0.39, 0.29) is 24.8 Å². The summed E-state index contributed by atoms with van der Waals surface area (Å²) in [7, 11) is 0. The number of allylic oxidation sites excluding steroid dienone is 2. The predicted octanol–water partition coefficient (Wildman–Crippen LogP) is 0.705. The van der Waals surface area contributed by atoms with E-state index in [0.717, 1.165) is 8.45 Å². The number of halogens is 2. The second kappa shape index (κ2) is 7.32. The van der Waals surface area contributed by atoms with E-state index in [9.17, 15) is 0 Å². The van der Waals surface area contributed by atoms with E-state index >= 15 is 0 Å². The van der Waals surface area contributed by atoms with Gasteiger partial charge in [-0.3, -0.25) is 0 Å². The van der Waals surface area contributed by atoms with Crippen LogP contribution in [0.25, 0.3) is 12.2 Å².